The molecule has 15 atom stereocenters. The van der Waals surface area contributed by atoms with Gasteiger partial charge in [-0.1, -0.05) is 27.7 Å². The summed E-state index contributed by atoms with van der Waals surface area (Å²) in [6, 6.07) is 0. The van der Waals surface area contributed by atoms with Gasteiger partial charge in [0.15, 0.2) is 6.29 Å². The average Bonchev–Trinajstić information content (AvgIpc) is 3.32. The molecule has 5 fully saturated rings. The van der Waals surface area contributed by atoms with Crippen LogP contribution in [0.15, 0.2) is 0 Å². The highest BCUT2D eigenvalue weighted by atomic mass is 16.7. The number of esters is 1. The van der Waals surface area contributed by atoms with Crippen LogP contribution in [-0.2, 0) is 19.0 Å². The first kappa shape index (κ1) is 32.6. The summed E-state index contributed by atoms with van der Waals surface area (Å²) in [4.78, 5) is 12.6. The van der Waals surface area contributed by atoms with E-state index in [-0.39, 0.29) is 48.8 Å². The maximum absolute atomic E-state index is 12.6. The normalized spacial score (nSPS) is 49.5. The molecule has 1 saturated heterocycles. The van der Waals surface area contributed by atoms with E-state index in [1.54, 1.807) is 6.92 Å². The molecular formula is C33H56O9. The number of rotatable bonds is 9. The fraction of sp³-hybridized carbons (Fsp3) is 0.970. The first-order chi connectivity index (χ1) is 19.9. The van der Waals surface area contributed by atoms with Crippen molar-refractivity contribution in [2.75, 3.05) is 19.8 Å². The minimum Gasteiger partial charge on any atom is -0.463 e. The van der Waals surface area contributed by atoms with Gasteiger partial charge in [-0.05, 0) is 104 Å². The van der Waals surface area contributed by atoms with E-state index in [2.05, 4.69) is 20.8 Å². The van der Waals surface area contributed by atoms with Gasteiger partial charge in [-0.15, -0.1) is 0 Å². The van der Waals surface area contributed by atoms with Crippen LogP contribution in [0.1, 0.15) is 91.9 Å². The number of carbonyl (C=O) groups excluding carboxylic acids is 1. The van der Waals surface area contributed by atoms with Crippen molar-refractivity contribution in [3.05, 3.63) is 0 Å². The van der Waals surface area contributed by atoms with Gasteiger partial charge in [0.05, 0.1) is 37.6 Å². The SMILES string of the molecule is CC1C(CO)OC(OCCOC(=O)CC[C@@H](C)[C@H]2CCC3C4C(CC[C@@]32C)[C@@]2(C)CC[C@@H](O)C[C@H]2C[C@@H]4O)C(O)C1O. The van der Waals surface area contributed by atoms with Gasteiger partial charge in [-0.3, -0.25) is 4.79 Å². The van der Waals surface area contributed by atoms with E-state index >= 15 is 0 Å². The smallest absolute Gasteiger partial charge is 0.305 e. The fourth-order valence-corrected chi connectivity index (χ4v) is 10.5. The second-order valence-corrected chi connectivity index (χ2v) is 15.1. The molecule has 9 nitrogen and oxygen atoms in total. The Bertz CT molecular complexity index is 929. The topological polar surface area (TPSA) is 146 Å². The third-order valence-electron chi connectivity index (χ3n) is 13.1. The van der Waals surface area contributed by atoms with Crippen LogP contribution in [0.5, 0.6) is 0 Å². The lowest BCUT2D eigenvalue weighted by Crippen LogP contribution is -2.58. The molecule has 0 bridgehead atoms. The highest BCUT2D eigenvalue weighted by Gasteiger charge is 2.62. The van der Waals surface area contributed by atoms with Crippen molar-refractivity contribution in [2.24, 2.45) is 52.3 Å². The molecule has 5 aliphatic rings. The van der Waals surface area contributed by atoms with Crippen LogP contribution >= 0.6 is 0 Å². The fourth-order valence-electron chi connectivity index (χ4n) is 10.5. The summed E-state index contributed by atoms with van der Waals surface area (Å²) >= 11 is 0. The second-order valence-electron chi connectivity index (χ2n) is 15.1. The molecule has 1 heterocycles. The predicted molar refractivity (Wildman–Crippen MR) is 155 cm³/mol. The van der Waals surface area contributed by atoms with Crippen LogP contribution in [0.4, 0.5) is 0 Å². The highest BCUT2D eigenvalue weighted by molar-refractivity contribution is 5.69. The summed E-state index contributed by atoms with van der Waals surface area (Å²) < 4.78 is 16.5. The summed E-state index contributed by atoms with van der Waals surface area (Å²) in [6.45, 7) is 8.62. The molecule has 0 amide bonds. The van der Waals surface area contributed by atoms with Crippen LogP contribution in [0.25, 0.3) is 0 Å². The summed E-state index contributed by atoms with van der Waals surface area (Å²) in [5.41, 5.74) is 0.396. The summed E-state index contributed by atoms with van der Waals surface area (Å²) in [7, 11) is 0. The third kappa shape index (κ3) is 5.93. The van der Waals surface area contributed by atoms with Crippen LogP contribution in [0, 0.1) is 52.3 Å². The van der Waals surface area contributed by atoms with Gasteiger partial charge in [-0.2, -0.15) is 0 Å². The van der Waals surface area contributed by atoms with E-state index in [1.807, 2.05) is 0 Å². The van der Waals surface area contributed by atoms with E-state index in [0.29, 0.717) is 41.9 Å². The summed E-state index contributed by atoms with van der Waals surface area (Å²) in [6.07, 6.45) is 4.81. The highest BCUT2D eigenvalue weighted by Crippen LogP contribution is 2.68. The Balaban J connectivity index is 1.09. The van der Waals surface area contributed by atoms with Crippen molar-refractivity contribution in [1.29, 1.82) is 0 Å². The zero-order chi connectivity index (χ0) is 30.4. The maximum Gasteiger partial charge on any atom is 0.305 e. The molecule has 4 aliphatic carbocycles. The van der Waals surface area contributed by atoms with Crippen molar-refractivity contribution in [2.45, 2.75) is 129 Å². The number of aliphatic hydroxyl groups is 5. The van der Waals surface area contributed by atoms with E-state index in [1.165, 1.54) is 6.42 Å². The summed E-state index contributed by atoms with van der Waals surface area (Å²) in [5, 5.41) is 51.6. The van der Waals surface area contributed by atoms with Crippen LogP contribution in [0.2, 0.25) is 0 Å². The third-order valence-corrected chi connectivity index (χ3v) is 13.1. The number of carbonyl (C=O) groups is 1. The summed E-state index contributed by atoms with van der Waals surface area (Å²) in [5.74, 6) is 1.99. The van der Waals surface area contributed by atoms with Crippen molar-refractivity contribution < 1.29 is 44.5 Å². The quantitative estimate of drug-likeness (QED) is 0.200. The Morgan fingerprint density at radius 2 is 1.67 bits per heavy atom. The van der Waals surface area contributed by atoms with Crippen molar-refractivity contribution >= 4 is 5.97 Å². The zero-order valence-corrected chi connectivity index (χ0v) is 26.1. The van der Waals surface area contributed by atoms with Crippen molar-refractivity contribution in [3.8, 4) is 0 Å². The average molecular weight is 597 g/mol. The Kier molecular flexibility index (Phi) is 10.0. The van der Waals surface area contributed by atoms with E-state index in [0.717, 1.165) is 51.4 Å². The monoisotopic (exact) mass is 596 g/mol. The van der Waals surface area contributed by atoms with Gasteiger partial charge in [0.1, 0.15) is 12.7 Å². The van der Waals surface area contributed by atoms with Gasteiger partial charge < -0.3 is 39.7 Å². The van der Waals surface area contributed by atoms with Gasteiger partial charge in [0, 0.05) is 12.3 Å². The second kappa shape index (κ2) is 12.9. The van der Waals surface area contributed by atoms with Crippen molar-refractivity contribution in [1.82, 2.24) is 0 Å². The molecule has 5 rings (SSSR count). The number of aliphatic hydroxyl groups excluding tert-OH is 5. The molecule has 0 radical (unpaired) electrons. The van der Waals surface area contributed by atoms with Gasteiger partial charge in [0.25, 0.3) is 0 Å². The van der Waals surface area contributed by atoms with Gasteiger partial charge in [0.2, 0.25) is 0 Å². The molecule has 9 heteroatoms. The maximum atomic E-state index is 12.6. The minimum atomic E-state index is -1.24. The van der Waals surface area contributed by atoms with Crippen LogP contribution in [-0.4, -0.2) is 88.1 Å². The van der Waals surface area contributed by atoms with Crippen molar-refractivity contribution in [3.63, 3.8) is 0 Å². The standard InChI is InChI=1S/C33H56O9/c1-18(5-8-27(37)40-13-14-41-31-30(39)29(38)19(2)26(17-34)42-31)22-6-7-23-28-24(10-12-33(22,23)4)32(3)11-9-21(35)15-20(32)16-25(28)36/h18-26,28-31,34-36,38-39H,5-17H2,1-4H3/t18-,19?,20+,21-,22-,23?,24?,25+,26?,28?,29?,30?,31?,32+,33-/m1/s1. The van der Waals surface area contributed by atoms with Gasteiger partial charge >= 0.3 is 5.97 Å². The first-order valence-corrected chi connectivity index (χ1v) is 16.7. The largest absolute Gasteiger partial charge is 0.463 e. The molecule has 5 N–H and O–H groups in total. The zero-order valence-electron chi connectivity index (χ0n) is 26.1. The lowest BCUT2D eigenvalue weighted by molar-refractivity contribution is -0.289. The number of fused-ring (bicyclic) bond motifs is 5. The molecule has 8 unspecified atom stereocenters. The number of ether oxygens (including phenoxy) is 3. The molecule has 0 aromatic heterocycles. The lowest BCUT2D eigenvalue weighted by Gasteiger charge is -2.62. The van der Waals surface area contributed by atoms with E-state index in [9.17, 15) is 30.3 Å². The van der Waals surface area contributed by atoms with Gasteiger partial charge in [-0.25, -0.2) is 0 Å². The number of hydrogen-bond acceptors (Lipinski definition) is 9. The minimum absolute atomic E-state index is 0.0221. The molecule has 0 aromatic rings. The van der Waals surface area contributed by atoms with E-state index in [4.69, 9.17) is 14.2 Å². The van der Waals surface area contributed by atoms with Crippen LogP contribution < -0.4 is 0 Å². The predicted octanol–water partition coefficient (Wildman–Crippen LogP) is 3.03. The number of hydrogen-bond donors (Lipinski definition) is 5. The molecule has 0 aromatic carbocycles. The molecular weight excluding hydrogens is 540 g/mol. The Morgan fingerprint density at radius 1 is 0.952 bits per heavy atom. The Labute approximate surface area is 251 Å². The first-order valence-electron chi connectivity index (χ1n) is 16.7. The van der Waals surface area contributed by atoms with Crippen LogP contribution in [0.3, 0.4) is 0 Å². The molecule has 242 valence electrons. The Hall–Kier alpha value is -0.810. The van der Waals surface area contributed by atoms with E-state index < -0.39 is 30.5 Å². The molecule has 4 saturated carbocycles. The Morgan fingerprint density at radius 3 is 2.40 bits per heavy atom. The molecule has 1 aliphatic heterocycles. The molecule has 0 spiro atoms. The molecule has 42 heavy (non-hydrogen) atoms. The lowest BCUT2D eigenvalue weighted by atomic mass is 9.43.